The van der Waals surface area contributed by atoms with Crippen LogP contribution in [0.2, 0.25) is 0 Å². The average molecular weight is 377 g/mol. The van der Waals surface area contributed by atoms with Gasteiger partial charge in [-0.15, -0.1) is 0 Å². The number of benzene rings is 1. The quantitative estimate of drug-likeness (QED) is 0.763. The molecule has 1 aromatic carbocycles. The minimum atomic E-state index is -0.0467. The van der Waals surface area contributed by atoms with Crippen molar-refractivity contribution in [3.8, 4) is 0 Å². The van der Waals surface area contributed by atoms with Gasteiger partial charge in [-0.25, -0.2) is 23.5 Å². The van der Waals surface area contributed by atoms with Crippen LogP contribution in [0.15, 0.2) is 33.9 Å². The van der Waals surface area contributed by atoms with E-state index in [1.807, 2.05) is 9.36 Å². The second kappa shape index (κ2) is 4.42. The largest absolute Gasteiger partial charge is 0.347 e. The molecule has 28 heavy (non-hydrogen) atoms. The highest BCUT2D eigenvalue weighted by Crippen LogP contribution is 2.70. The molecule has 5 aliphatic rings. The van der Waals surface area contributed by atoms with Gasteiger partial charge >= 0.3 is 11.4 Å². The fourth-order valence-electron chi connectivity index (χ4n) is 8.33. The van der Waals surface area contributed by atoms with Gasteiger partial charge in [0.1, 0.15) is 0 Å². The van der Waals surface area contributed by atoms with E-state index in [4.69, 9.17) is 0 Å². The van der Waals surface area contributed by atoms with E-state index in [0.717, 1.165) is 19.3 Å². The van der Waals surface area contributed by atoms with E-state index in [9.17, 15) is 9.59 Å². The molecule has 5 nitrogen and oxygen atoms in total. The lowest BCUT2D eigenvalue weighted by atomic mass is 9.69. The van der Waals surface area contributed by atoms with Crippen molar-refractivity contribution >= 4 is 0 Å². The Morgan fingerprint density at radius 2 is 1.68 bits per heavy atom. The lowest BCUT2D eigenvalue weighted by Gasteiger charge is -2.39. The fourth-order valence-corrected chi connectivity index (χ4v) is 8.33. The molecule has 4 aliphatic carbocycles. The predicted molar refractivity (Wildman–Crippen MR) is 106 cm³/mol. The van der Waals surface area contributed by atoms with Gasteiger partial charge in [-0.1, -0.05) is 45.0 Å². The average Bonchev–Trinajstić information content (AvgIpc) is 3.44. The van der Waals surface area contributed by atoms with E-state index in [1.165, 1.54) is 17.5 Å². The number of hydrogen-bond acceptors (Lipinski definition) is 2. The molecule has 0 amide bonds. The van der Waals surface area contributed by atoms with Crippen molar-refractivity contribution in [3.05, 3.63) is 56.4 Å². The Kier molecular flexibility index (Phi) is 2.50. The molecule has 1 aliphatic heterocycles. The van der Waals surface area contributed by atoms with Crippen LogP contribution in [-0.2, 0) is 0 Å². The van der Waals surface area contributed by atoms with Gasteiger partial charge in [0.05, 0.1) is 12.1 Å². The summed E-state index contributed by atoms with van der Waals surface area (Å²) in [5.41, 5.74) is 2.90. The topological polar surface area (TPSA) is 48.9 Å². The summed E-state index contributed by atoms with van der Waals surface area (Å²) in [6, 6.07) is 8.97. The van der Waals surface area contributed by atoms with E-state index >= 15 is 0 Å². The number of aromatic nitrogens is 3. The number of rotatable bonds is 1. The van der Waals surface area contributed by atoms with Gasteiger partial charge in [-0.2, -0.15) is 0 Å². The number of hydrogen-bond donors (Lipinski definition) is 0. The molecular formula is C23H27N3O2. The van der Waals surface area contributed by atoms with E-state index in [-0.39, 0.29) is 40.3 Å². The molecule has 7 rings (SSSR count). The Bertz CT molecular complexity index is 1170. The standard InChI is InChI=1S/C23H27N3O2/c1-22(2)12-8-9-23(22,3)17(10-12)24-20(27)25-16-11-15-13-6-4-5-7-14(13)18(16)19(15)26(25)21(24)28/h4-7,12,15-19H,8-11H2,1-3H3/t12-,15-,16-,17+,18+,19-,23-/m0/s1. The van der Waals surface area contributed by atoms with Crippen LogP contribution in [0.3, 0.4) is 0 Å². The Morgan fingerprint density at radius 3 is 2.36 bits per heavy atom. The molecule has 146 valence electrons. The molecule has 0 radical (unpaired) electrons. The summed E-state index contributed by atoms with van der Waals surface area (Å²) in [4.78, 5) is 27.2. The molecule has 1 aromatic heterocycles. The zero-order chi connectivity index (χ0) is 19.2. The van der Waals surface area contributed by atoms with Gasteiger partial charge in [0.2, 0.25) is 0 Å². The van der Waals surface area contributed by atoms with Crippen LogP contribution in [0.1, 0.15) is 87.5 Å². The third kappa shape index (κ3) is 1.37. The van der Waals surface area contributed by atoms with Gasteiger partial charge in [0.25, 0.3) is 0 Å². The Labute approximate surface area is 164 Å². The van der Waals surface area contributed by atoms with Gasteiger partial charge in [0, 0.05) is 17.9 Å². The summed E-state index contributed by atoms with van der Waals surface area (Å²) in [7, 11) is 0. The van der Waals surface area contributed by atoms with Crippen molar-refractivity contribution in [2.45, 2.75) is 76.4 Å². The summed E-state index contributed by atoms with van der Waals surface area (Å²) in [6.07, 6.45) is 4.33. The molecule has 3 fully saturated rings. The van der Waals surface area contributed by atoms with Crippen molar-refractivity contribution in [1.82, 2.24) is 13.9 Å². The summed E-state index contributed by atoms with van der Waals surface area (Å²) >= 11 is 0. The molecule has 2 aromatic rings. The maximum absolute atomic E-state index is 13.7. The van der Waals surface area contributed by atoms with Crippen LogP contribution in [0.25, 0.3) is 0 Å². The first-order chi connectivity index (χ1) is 13.4. The Balaban J connectivity index is 1.41. The first kappa shape index (κ1) is 15.8. The van der Waals surface area contributed by atoms with Crippen LogP contribution in [0.4, 0.5) is 0 Å². The van der Waals surface area contributed by atoms with Gasteiger partial charge < -0.3 is 0 Å². The fraction of sp³-hybridized carbons (Fsp3) is 0.652. The van der Waals surface area contributed by atoms with Crippen LogP contribution in [0, 0.1) is 16.7 Å². The van der Waals surface area contributed by atoms with Crippen LogP contribution in [-0.4, -0.2) is 13.9 Å². The molecule has 3 saturated carbocycles. The SMILES string of the molecule is CC1(C)[C@H]2CC[C@@]1(C)[C@H](n1c(=O)n3n(c1=O)[C@H]1C[C@H]4c5ccccc5[C@H]1[C@H]43)C2. The highest BCUT2D eigenvalue weighted by atomic mass is 16.2. The molecule has 0 N–H and O–H groups in total. The van der Waals surface area contributed by atoms with Crippen molar-refractivity contribution in [2.75, 3.05) is 0 Å². The molecule has 0 spiro atoms. The second-order valence-electron chi connectivity index (χ2n) is 10.8. The first-order valence-corrected chi connectivity index (χ1v) is 10.9. The molecule has 2 heterocycles. The third-order valence-corrected chi connectivity index (χ3v) is 10.1. The van der Waals surface area contributed by atoms with Gasteiger partial charge in [-0.3, -0.25) is 0 Å². The summed E-state index contributed by atoms with van der Waals surface area (Å²) < 4.78 is 5.40. The molecule has 0 unspecified atom stereocenters. The summed E-state index contributed by atoms with van der Waals surface area (Å²) in [5.74, 6) is 1.32. The Hall–Kier alpha value is -2.04. The molecule has 6 bridgehead atoms. The predicted octanol–water partition coefficient (Wildman–Crippen LogP) is 3.58. The zero-order valence-electron chi connectivity index (χ0n) is 16.8. The Morgan fingerprint density at radius 1 is 0.964 bits per heavy atom. The van der Waals surface area contributed by atoms with Crippen LogP contribution < -0.4 is 11.4 Å². The highest BCUT2D eigenvalue weighted by molar-refractivity contribution is 5.46. The molecule has 5 heteroatoms. The smallest absolute Gasteiger partial charge is 0.246 e. The minimum Gasteiger partial charge on any atom is -0.246 e. The minimum absolute atomic E-state index is 0.0326. The van der Waals surface area contributed by atoms with Crippen molar-refractivity contribution in [3.63, 3.8) is 0 Å². The van der Waals surface area contributed by atoms with E-state index in [2.05, 4.69) is 45.0 Å². The lowest BCUT2D eigenvalue weighted by Crippen LogP contribution is -2.42. The summed E-state index contributed by atoms with van der Waals surface area (Å²) in [6.45, 7) is 7.01. The molecule has 0 saturated heterocycles. The number of fused-ring (bicyclic) bond motifs is 6. The molecule has 7 atom stereocenters. The second-order valence-corrected chi connectivity index (χ2v) is 10.8. The number of nitrogens with zero attached hydrogens (tertiary/aromatic N) is 3. The molecular weight excluding hydrogens is 350 g/mol. The third-order valence-electron chi connectivity index (χ3n) is 10.1. The normalized spacial score (nSPS) is 43.0. The highest BCUT2D eigenvalue weighted by Gasteiger charge is 2.64. The summed E-state index contributed by atoms with van der Waals surface area (Å²) in [5, 5.41) is 0. The lowest BCUT2D eigenvalue weighted by molar-refractivity contribution is 0.103. The van der Waals surface area contributed by atoms with E-state index < -0.39 is 0 Å². The van der Waals surface area contributed by atoms with E-state index in [1.54, 1.807) is 4.57 Å². The van der Waals surface area contributed by atoms with Gasteiger partial charge in [-0.05, 0) is 53.6 Å². The van der Waals surface area contributed by atoms with E-state index in [0.29, 0.717) is 17.8 Å². The first-order valence-electron chi connectivity index (χ1n) is 10.9. The van der Waals surface area contributed by atoms with Crippen LogP contribution in [0.5, 0.6) is 0 Å². The van der Waals surface area contributed by atoms with Crippen LogP contribution >= 0.6 is 0 Å². The van der Waals surface area contributed by atoms with Crippen molar-refractivity contribution in [1.29, 1.82) is 0 Å². The monoisotopic (exact) mass is 377 g/mol. The maximum atomic E-state index is 13.7. The maximum Gasteiger partial charge on any atom is 0.347 e. The van der Waals surface area contributed by atoms with Crippen molar-refractivity contribution in [2.24, 2.45) is 16.7 Å². The zero-order valence-corrected chi connectivity index (χ0v) is 16.8. The van der Waals surface area contributed by atoms with Gasteiger partial charge in [0.15, 0.2) is 0 Å². The van der Waals surface area contributed by atoms with Crippen molar-refractivity contribution < 1.29 is 0 Å².